The van der Waals surface area contributed by atoms with Crippen molar-refractivity contribution in [1.29, 1.82) is 0 Å². The summed E-state index contributed by atoms with van der Waals surface area (Å²) < 4.78 is 0. The summed E-state index contributed by atoms with van der Waals surface area (Å²) >= 11 is 1.58. The van der Waals surface area contributed by atoms with Gasteiger partial charge in [-0.3, -0.25) is 19.4 Å². The van der Waals surface area contributed by atoms with Gasteiger partial charge in [0.2, 0.25) is 11.8 Å². The summed E-state index contributed by atoms with van der Waals surface area (Å²) in [7, 11) is 0. The molecule has 3 aromatic rings. The molecule has 3 heterocycles. The second-order valence-electron chi connectivity index (χ2n) is 11.1. The lowest BCUT2D eigenvalue weighted by atomic mass is 9.74. The molecule has 1 aromatic carbocycles. The van der Waals surface area contributed by atoms with E-state index in [2.05, 4.69) is 15.3 Å². The molecule has 1 aliphatic rings. The first kappa shape index (κ1) is 28.4. The fraction of sp³-hybridized carbons (Fsp3) is 0.414. The summed E-state index contributed by atoms with van der Waals surface area (Å²) in [5.41, 5.74) is 10.2. The van der Waals surface area contributed by atoms with Gasteiger partial charge in [-0.05, 0) is 42.0 Å². The number of hydrogen-bond donors (Lipinski definition) is 3. The molecule has 4 rings (SSSR count). The van der Waals surface area contributed by atoms with Crippen LogP contribution in [0.5, 0.6) is 0 Å². The van der Waals surface area contributed by atoms with Crippen molar-refractivity contribution in [3.05, 3.63) is 70.6 Å². The number of thiazole rings is 1. The van der Waals surface area contributed by atoms with Crippen molar-refractivity contribution in [2.24, 2.45) is 11.1 Å². The van der Waals surface area contributed by atoms with Crippen LogP contribution < -0.4 is 11.1 Å². The molecule has 3 amide bonds. The van der Waals surface area contributed by atoms with Crippen molar-refractivity contribution in [1.82, 2.24) is 20.2 Å². The smallest absolute Gasteiger partial charge is 0.267 e. The van der Waals surface area contributed by atoms with Crippen LogP contribution in [0.1, 0.15) is 73.4 Å². The molecule has 4 atom stereocenters. The van der Waals surface area contributed by atoms with Crippen molar-refractivity contribution in [2.45, 2.75) is 65.1 Å². The Morgan fingerprint density at radius 2 is 1.85 bits per heavy atom. The predicted octanol–water partition coefficient (Wildman–Crippen LogP) is 3.58. The van der Waals surface area contributed by atoms with Crippen molar-refractivity contribution in [3.8, 4) is 10.4 Å². The number of primary amides is 1. The van der Waals surface area contributed by atoms with Crippen LogP contribution in [0.4, 0.5) is 0 Å². The molecule has 10 heteroatoms. The molecule has 206 valence electrons. The molecule has 0 unspecified atom stereocenters. The number of carbonyl (C=O) groups excluding carboxylic acids is 3. The van der Waals surface area contributed by atoms with Gasteiger partial charge < -0.3 is 21.1 Å². The Balaban J connectivity index is 1.55. The fourth-order valence-corrected chi connectivity index (χ4v) is 6.00. The van der Waals surface area contributed by atoms with Crippen LogP contribution in [-0.2, 0) is 9.59 Å². The minimum atomic E-state index is -0.854. The lowest BCUT2D eigenvalue weighted by Gasteiger charge is -2.35. The van der Waals surface area contributed by atoms with Crippen molar-refractivity contribution < 1.29 is 19.5 Å². The Morgan fingerprint density at radius 1 is 1.15 bits per heavy atom. The van der Waals surface area contributed by atoms with Gasteiger partial charge in [-0.2, -0.15) is 0 Å². The standard InChI is InChI=1S/C29H35N5O4S/c1-16(18-8-10-19(11-9-18)25-17(2)32-15-39-25)33-27(37)22-13-20(35)14-34(22)28(38)23(29(3,4)5)21-7-6-12-31-24(21)26(30)36/h6-12,15-16,20,22-23,35H,13-14H2,1-5H3,(H2,30,36)(H,33,37)/t16-,20+,22-,23-/m0/s1. The molecule has 1 saturated heterocycles. The molecule has 39 heavy (non-hydrogen) atoms. The lowest BCUT2D eigenvalue weighted by molar-refractivity contribution is -0.141. The van der Waals surface area contributed by atoms with Crippen LogP contribution in [0.15, 0.2) is 48.1 Å². The Labute approximate surface area is 232 Å². The number of amides is 3. The van der Waals surface area contributed by atoms with Gasteiger partial charge in [-0.15, -0.1) is 11.3 Å². The van der Waals surface area contributed by atoms with Gasteiger partial charge in [0.25, 0.3) is 5.91 Å². The van der Waals surface area contributed by atoms with Gasteiger partial charge in [0.1, 0.15) is 11.7 Å². The zero-order valence-electron chi connectivity index (χ0n) is 22.8. The predicted molar refractivity (Wildman–Crippen MR) is 150 cm³/mol. The number of nitrogens with two attached hydrogens (primary N) is 1. The SMILES string of the molecule is Cc1ncsc1-c1ccc([C@H](C)NC(=O)[C@@H]2C[C@@H](O)CN2C(=O)[C@H](c2cccnc2C(N)=O)C(C)(C)C)cc1. The third-order valence-corrected chi connectivity index (χ3v) is 8.12. The van der Waals surface area contributed by atoms with Crippen molar-refractivity contribution in [3.63, 3.8) is 0 Å². The Bertz CT molecular complexity index is 1360. The topological polar surface area (TPSA) is 139 Å². The van der Waals surface area contributed by atoms with E-state index in [1.54, 1.807) is 23.5 Å². The zero-order valence-corrected chi connectivity index (χ0v) is 23.7. The molecule has 0 saturated carbocycles. The number of pyridine rings is 1. The second-order valence-corrected chi connectivity index (χ2v) is 12.0. The third kappa shape index (κ3) is 6.02. The lowest BCUT2D eigenvalue weighted by Crippen LogP contribution is -2.49. The Kier molecular flexibility index (Phi) is 8.17. The summed E-state index contributed by atoms with van der Waals surface area (Å²) in [6.07, 6.45) is 0.739. The Hall–Kier alpha value is -3.63. The molecule has 1 fully saturated rings. The summed E-state index contributed by atoms with van der Waals surface area (Å²) in [5, 5.41) is 13.5. The molecule has 4 N–H and O–H groups in total. The normalized spacial score (nSPS) is 19.0. The van der Waals surface area contributed by atoms with Crippen LogP contribution in [-0.4, -0.2) is 56.4 Å². The summed E-state index contributed by atoms with van der Waals surface area (Å²) in [4.78, 5) is 50.5. The number of β-amino-alcohol motifs (C(OH)–C–C–N with tert-alkyl or cyclic N) is 1. The first-order valence-corrected chi connectivity index (χ1v) is 13.8. The molecule has 2 aromatic heterocycles. The van der Waals surface area contributed by atoms with Crippen LogP contribution >= 0.6 is 11.3 Å². The maximum Gasteiger partial charge on any atom is 0.267 e. The number of nitrogens with one attached hydrogen (secondary N) is 1. The van der Waals surface area contributed by atoms with E-state index in [4.69, 9.17) is 5.73 Å². The number of benzene rings is 1. The van der Waals surface area contributed by atoms with E-state index in [1.165, 1.54) is 11.1 Å². The van der Waals surface area contributed by atoms with Crippen molar-refractivity contribution >= 4 is 29.1 Å². The molecule has 1 aliphatic heterocycles. The maximum atomic E-state index is 14.0. The van der Waals surface area contributed by atoms with E-state index in [0.29, 0.717) is 5.56 Å². The molecule has 9 nitrogen and oxygen atoms in total. The minimum absolute atomic E-state index is 0.0208. The number of aliphatic hydroxyl groups is 1. The summed E-state index contributed by atoms with van der Waals surface area (Å²) in [6, 6.07) is 10.1. The highest BCUT2D eigenvalue weighted by molar-refractivity contribution is 7.13. The van der Waals surface area contributed by atoms with E-state index in [1.807, 2.05) is 64.4 Å². The first-order chi connectivity index (χ1) is 18.4. The number of carbonyl (C=O) groups is 3. The van der Waals surface area contributed by atoms with E-state index < -0.39 is 29.4 Å². The van der Waals surface area contributed by atoms with E-state index in [-0.39, 0.29) is 36.5 Å². The van der Waals surface area contributed by atoms with E-state index in [9.17, 15) is 19.5 Å². The number of likely N-dealkylation sites (tertiary alicyclic amines) is 1. The quantitative estimate of drug-likeness (QED) is 0.412. The molecule has 0 bridgehead atoms. The molecule has 0 radical (unpaired) electrons. The van der Waals surface area contributed by atoms with E-state index in [0.717, 1.165) is 21.7 Å². The van der Waals surface area contributed by atoms with Gasteiger partial charge in [0, 0.05) is 19.2 Å². The summed E-state index contributed by atoms with van der Waals surface area (Å²) in [5.74, 6) is -2.22. The number of nitrogens with zero attached hydrogens (tertiary/aromatic N) is 3. The molecule has 0 spiro atoms. The highest BCUT2D eigenvalue weighted by Gasteiger charge is 2.45. The number of aromatic nitrogens is 2. The van der Waals surface area contributed by atoms with Crippen LogP contribution in [0.2, 0.25) is 0 Å². The molecular formula is C29H35N5O4S. The average Bonchev–Trinajstić information content (AvgIpc) is 3.49. The van der Waals surface area contributed by atoms with Crippen LogP contribution in [0.25, 0.3) is 10.4 Å². The van der Waals surface area contributed by atoms with Crippen LogP contribution in [0.3, 0.4) is 0 Å². The minimum Gasteiger partial charge on any atom is -0.391 e. The second kappa shape index (κ2) is 11.2. The molecule has 0 aliphatic carbocycles. The number of hydrogen-bond acceptors (Lipinski definition) is 7. The number of rotatable bonds is 7. The maximum absolute atomic E-state index is 14.0. The van der Waals surface area contributed by atoms with Crippen molar-refractivity contribution in [2.75, 3.05) is 6.54 Å². The fourth-order valence-electron chi connectivity index (χ4n) is 5.19. The van der Waals surface area contributed by atoms with Gasteiger partial charge in [-0.1, -0.05) is 51.1 Å². The highest BCUT2D eigenvalue weighted by Crippen LogP contribution is 2.39. The highest BCUT2D eigenvalue weighted by atomic mass is 32.1. The number of aliphatic hydroxyl groups excluding tert-OH is 1. The summed E-state index contributed by atoms with van der Waals surface area (Å²) in [6.45, 7) is 9.53. The van der Waals surface area contributed by atoms with Gasteiger partial charge in [-0.25, -0.2) is 4.98 Å². The third-order valence-electron chi connectivity index (χ3n) is 7.14. The van der Waals surface area contributed by atoms with E-state index >= 15 is 0 Å². The first-order valence-electron chi connectivity index (χ1n) is 12.9. The van der Waals surface area contributed by atoms with Gasteiger partial charge >= 0.3 is 0 Å². The molecular weight excluding hydrogens is 514 g/mol. The largest absolute Gasteiger partial charge is 0.391 e. The van der Waals surface area contributed by atoms with Gasteiger partial charge in [0.15, 0.2) is 0 Å². The zero-order chi connectivity index (χ0) is 28.5. The number of aryl methyl sites for hydroxylation is 1. The van der Waals surface area contributed by atoms with Crippen LogP contribution in [0, 0.1) is 12.3 Å². The van der Waals surface area contributed by atoms with Gasteiger partial charge in [0.05, 0.1) is 34.1 Å². The Morgan fingerprint density at radius 3 is 2.44 bits per heavy atom. The average molecular weight is 550 g/mol. The monoisotopic (exact) mass is 549 g/mol.